The summed E-state index contributed by atoms with van der Waals surface area (Å²) in [6.45, 7) is 2.55. The van der Waals surface area contributed by atoms with Crippen molar-refractivity contribution < 1.29 is 19.0 Å². The summed E-state index contributed by atoms with van der Waals surface area (Å²) in [5, 5.41) is 0.152. The number of hydrogen-bond acceptors (Lipinski definition) is 7. The third kappa shape index (κ3) is 3.71. The van der Waals surface area contributed by atoms with Gasteiger partial charge in [-0.05, 0) is 24.6 Å². The van der Waals surface area contributed by atoms with Gasteiger partial charge in [0, 0.05) is 12.7 Å². The Hall–Kier alpha value is -3.62. The number of aromatic nitrogens is 3. The molecular formula is C20H19N3O6. The smallest absolute Gasteiger partial charge is 0.339 e. The second-order valence-corrected chi connectivity index (χ2v) is 6.60. The van der Waals surface area contributed by atoms with Gasteiger partial charge in [0.15, 0.2) is 17.6 Å². The minimum Gasteiger partial charge on any atom is -0.486 e. The van der Waals surface area contributed by atoms with Gasteiger partial charge in [-0.2, -0.15) is 0 Å². The number of carbonyl (C=O) groups excluding carboxylic acids is 1. The highest BCUT2D eigenvalue weighted by Gasteiger charge is 2.23. The van der Waals surface area contributed by atoms with E-state index >= 15 is 0 Å². The molecule has 1 unspecified atom stereocenters. The van der Waals surface area contributed by atoms with E-state index in [1.807, 2.05) is 19.1 Å². The zero-order valence-corrected chi connectivity index (χ0v) is 15.7. The summed E-state index contributed by atoms with van der Waals surface area (Å²) in [6, 6.07) is 8.62. The van der Waals surface area contributed by atoms with Crippen LogP contribution in [0.3, 0.4) is 0 Å². The number of nitrogens with zero attached hydrogens (tertiary/aromatic N) is 2. The lowest BCUT2D eigenvalue weighted by molar-refractivity contribution is 0.0109. The van der Waals surface area contributed by atoms with Crippen LogP contribution in [0.15, 0.2) is 46.1 Å². The lowest BCUT2D eigenvalue weighted by Gasteiger charge is -2.26. The number of aryl methyl sites for hydroxylation is 1. The van der Waals surface area contributed by atoms with Gasteiger partial charge in [0.05, 0.1) is 10.9 Å². The predicted octanol–water partition coefficient (Wildman–Crippen LogP) is 1.49. The number of benzene rings is 1. The van der Waals surface area contributed by atoms with Gasteiger partial charge in [-0.15, -0.1) is 0 Å². The maximum Gasteiger partial charge on any atom is 0.339 e. The monoisotopic (exact) mass is 397 g/mol. The van der Waals surface area contributed by atoms with E-state index in [-0.39, 0.29) is 29.8 Å². The largest absolute Gasteiger partial charge is 0.486 e. The number of H-pyrrole nitrogens is 1. The van der Waals surface area contributed by atoms with Crippen LogP contribution < -0.4 is 20.7 Å². The summed E-state index contributed by atoms with van der Waals surface area (Å²) in [5.41, 5.74) is -0.776. The zero-order chi connectivity index (χ0) is 20.4. The number of fused-ring (bicyclic) bond motifs is 2. The van der Waals surface area contributed by atoms with Crippen LogP contribution in [-0.4, -0.2) is 39.8 Å². The van der Waals surface area contributed by atoms with E-state index in [1.165, 1.54) is 16.8 Å². The number of carbonyl (C=O) groups is 1. The number of para-hydroxylation sites is 2. The van der Waals surface area contributed by atoms with Gasteiger partial charge in [-0.3, -0.25) is 14.3 Å². The molecule has 4 rings (SSSR count). The number of aromatic amines is 1. The van der Waals surface area contributed by atoms with Crippen molar-refractivity contribution in [3.05, 3.63) is 62.9 Å². The molecule has 2 aromatic heterocycles. The van der Waals surface area contributed by atoms with E-state index in [0.717, 1.165) is 0 Å². The van der Waals surface area contributed by atoms with Crippen LogP contribution in [0, 0.1) is 0 Å². The molecule has 3 aromatic rings. The van der Waals surface area contributed by atoms with Gasteiger partial charge in [0.25, 0.3) is 5.56 Å². The molecule has 1 atom stereocenters. The minimum atomic E-state index is -0.644. The molecule has 150 valence electrons. The van der Waals surface area contributed by atoms with Crippen LogP contribution in [0.2, 0.25) is 0 Å². The van der Waals surface area contributed by atoms with Crippen molar-refractivity contribution in [2.75, 3.05) is 13.2 Å². The average molecular weight is 397 g/mol. The molecule has 0 fully saturated rings. The molecule has 1 aliphatic rings. The molecule has 9 heteroatoms. The SMILES string of the molecule is CCCn1c(=O)[nH]c(=O)c2cc(C(=O)OCC3COc4ccccc4O3)cnc21. The van der Waals surface area contributed by atoms with Crippen molar-refractivity contribution in [3.8, 4) is 11.5 Å². The first-order valence-electron chi connectivity index (χ1n) is 9.25. The molecule has 0 radical (unpaired) electrons. The maximum absolute atomic E-state index is 12.4. The zero-order valence-electron chi connectivity index (χ0n) is 15.7. The van der Waals surface area contributed by atoms with Crippen LogP contribution >= 0.6 is 0 Å². The highest BCUT2D eigenvalue weighted by molar-refractivity contribution is 5.92. The average Bonchev–Trinajstić information content (AvgIpc) is 2.74. The second kappa shape index (κ2) is 7.78. The molecule has 0 saturated heterocycles. The van der Waals surface area contributed by atoms with Crippen LogP contribution in [0.5, 0.6) is 11.5 Å². The Morgan fingerprint density at radius 2 is 2.10 bits per heavy atom. The van der Waals surface area contributed by atoms with E-state index < -0.39 is 23.3 Å². The Bertz CT molecular complexity index is 1180. The highest BCUT2D eigenvalue weighted by Crippen LogP contribution is 2.30. The Morgan fingerprint density at radius 1 is 1.31 bits per heavy atom. The van der Waals surface area contributed by atoms with Crippen molar-refractivity contribution in [2.45, 2.75) is 26.0 Å². The van der Waals surface area contributed by atoms with Gasteiger partial charge < -0.3 is 14.2 Å². The first-order valence-corrected chi connectivity index (χ1v) is 9.25. The normalized spacial score (nSPS) is 15.3. The molecule has 0 aliphatic carbocycles. The Labute approximate surface area is 164 Å². The van der Waals surface area contributed by atoms with Crippen LogP contribution in [0.1, 0.15) is 23.7 Å². The summed E-state index contributed by atoms with van der Waals surface area (Å²) < 4.78 is 18.0. The van der Waals surface area contributed by atoms with Crippen LogP contribution in [0.4, 0.5) is 0 Å². The number of nitrogens with one attached hydrogen (secondary N) is 1. The van der Waals surface area contributed by atoms with E-state index in [2.05, 4.69) is 9.97 Å². The predicted molar refractivity (Wildman–Crippen MR) is 104 cm³/mol. The van der Waals surface area contributed by atoms with Crippen molar-refractivity contribution >= 4 is 17.0 Å². The van der Waals surface area contributed by atoms with Crippen molar-refractivity contribution in [3.63, 3.8) is 0 Å². The third-order valence-electron chi connectivity index (χ3n) is 4.48. The molecule has 1 N–H and O–H groups in total. The van der Waals surface area contributed by atoms with E-state index in [9.17, 15) is 14.4 Å². The van der Waals surface area contributed by atoms with Gasteiger partial charge >= 0.3 is 11.7 Å². The van der Waals surface area contributed by atoms with E-state index in [0.29, 0.717) is 24.5 Å². The van der Waals surface area contributed by atoms with Gasteiger partial charge in [0.1, 0.15) is 18.9 Å². The number of pyridine rings is 1. The molecule has 0 spiro atoms. The molecule has 1 aromatic carbocycles. The van der Waals surface area contributed by atoms with Gasteiger partial charge in [-0.25, -0.2) is 14.6 Å². The molecule has 3 heterocycles. The minimum absolute atomic E-state index is 0.0170. The standard InChI is InChI=1S/C20H19N3O6/c1-2-7-23-17-14(18(24)22-20(23)26)8-12(9-21-17)19(25)28-11-13-10-27-15-5-3-4-6-16(15)29-13/h3-6,8-9,13H,2,7,10-11H2,1H3,(H,22,24,26). The first kappa shape index (κ1) is 18.7. The third-order valence-corrected chi connectivity index (χ3v) is 4.48. The lowest BCUT2D eigenvalue weighted by atomic mass is 10.2. The topological polar surface area (TPSA) is 113 Å². The van der Waals surface area contributed by atoms with Gasteiger partial charge in [0.2, 0.25) is 0 Å². The van der Waals surface area contributed by atoms with Crippen molar-refractivity contribution in [2.24, 2.45) is 0 Å². The molecule has 29 heavy (non-hydrogen) atoms. The summed E-state index contributed by atoms with van der Waals surface area (Å²) >= 11 is 0. The maximum atomic E-state index is 12.4. The fraction of sp³-hybridized carbons (Fsp3) is 0.300. The van der Waals surface area contributed by atoms with Crippen molar-refractivity contribution in [1.82, 2.24) is 14.5 Å². The summed E-state index contributed by atoms with van der Waals surface area (Å²) in [5.74, 6) is 0.591. The summed E-state index contributed by atoms with van der Waals surface area (Å²) in [6.07, 6.45) is 1.54. The summed E-state index contributed by atoms with van der Waals surface area (Å²) in [7, 11) is 0. The van der Waals surface area contributed by atoms with Crippen LogP contribution in [0.25, 0.3) is 11.0 Å². The molecule has 0 bridgehead atoms. The highest BCUT2D eigenvalue weighted by atomic mass is 16.6. The number of hydrogen-bond donors (Lipinski definition) is 1. The molecule has 0 saturated carbocycles. The molecule has 0 amide bonds. The molecule has 1 aliphatic heterocycles. The number of esters is 1. The lowest BCUT2D eigenvalue weighted by Crippen LogP contribution is -2.34. The first-order chi connectivity index (χ1) is 14.1. The molecular weight excluding hydrogens is 378 g/mol. The Kier molecular flexibility index (Phi) is 5.03. The van der Waals surface area contributed by atoms with Crippen LogP contribution in [-0.2, 0) is 11.3 Å². The molecule has 9 nitrogen and oxygen atoms in total. The Balaban J connectivity index is 1.51. The number of rotatable bonds is 5. The Morgan fingerprint density at radius 3 is 2.90 bits per heavy atom. The summed E-state index contributed by atoms with van der Waals surface area (Å²) in [4.78, 5) is 43.0. The van der Waals surface area contributed by atoms with E-state index in [4.69, 9.17) is 14.2 Å². The van der Waals surface area contributed by atoms with Crippen molar-refractivity contribution in [1.29, 1.82) is 0 Å². The quantitative estimate of drug-likeness (QED) is 0.649. The fourth-order valence-corrected chi connectivity index (χ4v) is 3.11. The van der Waals surface area contributed by atoms with Gasteiger partial charge in [-0.1, -0.05) is 19.1 Å². The fourth-order valence-electron chi connectivity index (χ4n) is 3.11. The second-order valence-electron chi connectivity index (χ2n) is 6.60. The van der Waals surface area contributed by atoms with E-state index in [1.54, 1.807) is 12.1 Å². The number of ether oxygens (including phenoxy) is 3.